The third kappa shape index (κ3) is 3.16. The Morgan fingerprint density at radius 1 is 1.18 bits per heavy atom. The number of carbonyl (C=O) groups is 1. The molecular formula is C14H13N3O4S. The van der Waals surface area contributed by atoms with Gasteiger partial charge in [-0.15, -0.1) is 0 Å². The summed E-state index contributed by atoms with van der Waals surface area (Å²) in [4.78, 5) is 12.0. The molecule has 0 saturated carbocycles. The van der Waals surface area contributed by atoms with Crippen molar-refractivity contribution in [2.45, 2.75) is 5.09 Å². The first-order valence-corrected chi connectivity index (χ1v) is 7.62. The summed E-state index contributed by atoms with van der Waals surface area (Å²) in [5.41, 5.74) is 0.938. The van der Waals surface area contributed by atoms with E-state index in [4.69, 9.17) is 9.68 Å². The van der Waals surface area contributed by atoms with E-state index in [1.165, 1.54) is 26.2 Å². The summed E-state index contributed by atoms with van der Waals surface area (Å²) < 4.78 is 29.8. The van der Waals surface area contributed by atoms with E-state index >= 15 is 0 Å². The van der Waals surface area contributed by atoms with Gasteiger partial charge in [0.1, 0.15) is 0 Å². The average Bonchev–Trinajstić information content (AvgIpc) is 2.98. The lowest BCUT2D eigenvalue weighted by molar-refractivity contribution is 0.0991. The number of anilines is 1. The largest absolute Gasteiger partial charge is 0.438 e. The molecule has 0 unspecified atom stereocenters. The zero-order chi connectivity index (χ0) is 16.3. The normalized spacial score (nSPS) is 11.2. The van der Waals surface area contributed by atoms with Crippen molar-refractivity contribution in [1.29, 1.82) is 5.26 Å². The molecule has 1 amide bonds. The number of hydrogen-bond donors (Lipinski definition) is 1. The molecule has 0 aliphatic heterocycles. The molecule has 22 heavy (non-hydrogen) atoms. The molecule has 7 nitrogen and oxygen atoms in total. The number of sulfonamides is 1. The Kier molecular flexibility index (Phi) is 4.30. The Bertz CT molecular complexity index is 830. The maximum absolute atomic E-state index is 12.0. The van der Waals surface area contributed by atoms with Gasteiger partial charge in [-0.3, -0.25) is 4.79 Å². The van der Waals surface area contributed by atoms with Crippen LogP contribution in [0.3, 0.4) is 0 Å². The Morgan fingerprint density at radius 3 is 2.36 bits per heavy atom. The fourth-order valence-electron chi connectivity index (χ4n) is 1.58. The number of nitrogens with one attached hydrogen (secondary N) is 1. The zero-order valence-electron chi connectivity index (χ0n) is 11.9. The molecule has 0 aliphatic rings. The van der Waals surface area contributed by atoms with E-state index in [1.807, 2.05) is 6.07 Å². The Labute approximate surface area is 127 Å². The van der Waals surface area contributed by atoms with Gasteiger partial charge in [-0.2, -0.15) is 5.26 Å². The number of carbonyl (C=O) groups excluding carboxylic acids is 1. The first kappa shape index (κ1) is 15.8. The van der Waals surface area contributed by atoms with Gasteiger partial charge in [-0.1, -0.05) is 0 Å². The molecule has 0 fully saturated rings. The molecule has 0 atom stereocenters. The van der Waals surface area contributed by atoms with Gasteiger partial charge < -0.3 is 9.73 Å². The number of rotatable bonds is 4. The van der Waals surface area contributed by atoms with E-state index in [0.29, 0.717) is 11.3 Å². The van der Waals surface area contributed by atoms with Gasteiger partial charge in [0.15, 0.2) is 5.76 Å². The highest BCUT2D eigenvalue weighted by Crippen LogP contribution is 2.18. The number of nitriles is 1. The monoisotopic (exact) mass is 319 g/mol. The SMILES string of the molecule is CN(C)S(=O)(=O)c1ccc(C(=O)Nc2ccc(C#N)cc2)o1. The van der Waals surface area contributed by atoms with Crippen molar-refractivity contribution >= 4 is 21.6 Å². The van der Waals surface area contributed by atoms with Crippen molar-refractivity contribution in [3.8, 4) is 6.07 Å². The second-order valence-electron chi connectivity index (χ2n) is 4.55. The summed E-state index contributed by atoms with van der Waals surface area (Å²) in [6.45, 7) is 0. The first-order chi connectivity index (χ1) is 10.3. The van der Waals surface area contributed by atoms with E-state index in [0.717, 1.165) is 4.31 Å². The molecule has 1 heterocycles. The second-order valence-corrected chi connectivity index (χ2v) is 6.63. The molecule has 114 valence electrons. The third-order valence-corrected chi connectivity index (χ3v) is 4.50. The fourth-order valence-corrected chi connectivity index (χ4v) is 2.38. The number of furan rings is 1. The molecule has 2 aromatic rings. The summed E-state index contributed by atoms with van der Waals surface area (Å²) in [6.07, 6.45) is 0. The van der Waals surface area contributed by atoms with Gasteiger partial charge in [0.05, 0.1) is 11.6 Å². The van der Waals surface area contributed by atoms with Gasteiger partial charge in [-0.25, -0.2) is 12.7 Å². The van der Waals surface area contributed by atoms with Gasteiger partial charge >= 0.3 is 0 Å². The zero-order valence-corrected chi connectivity index (χ0v) is 12.7. The van der Waals surface area contributed by atoms with Crippen molar-refractivity contribution < 1.29 is 17.6 Å². The van der Waals surface area contributed by atoms with Crippen LogP contribution < -0.4 is 5.32 Å². The van der Waals surface area contributed by atoms with E-state index in [9.17, 15) is 13.2 Å². The molecular weight excluding hydrogens is 306 g/mol. The summed E-state index contributed by atoms with van der Waals surface area (Å²) in [5.74, 6) is -0.699. The molecule has 2 rings (SSSR count). The van der Waals surface area contributed by atoms with Crippen LogP contribution in [0.1, 0.15) is 16.1 Å². The molecule has 8 heteroatoms. The average molecular weight is 319 g/mol. The van der Waals surface area contributed by atoms with Crippen molar-refractivity contribution in [3.05, 3.63) is 47.7 Å². The second kappa shape index (κ2) is 6.01. The van der Waals surface area contributed by atoms with E-state index in [1.54, 1.807) is 24.3 Å². The van der Waals surface area contributed by atoms with Crippen LogP contribution in [0.4, 0.5) is 5.69 Å². The minimum absolute atomic E-state index is 0.121. The topological polar surface area (TPSA) is 103 Å². The summed E-state index contributed by atoms with van der Waals surface area (Å²) >= 11 is 0. The Morgan fingerprint density at radius 2 is 1.82 bits per heavy atom. The lowest BCUT2D eigenvalue weighted by Gasteiger charge is -2.07. The van der Waals surface area contributed by atoms with Crippen LogP contribution >= 0.6 is 0 Å². The van der Waals surface area contributed by atoms with Gasteiger partial charge in [0.25, 0.3) is 15.9 Å². The standard InChI is InChI=1S/C14H13N3O4S/c1-17(2)22(19,20)13-8-7-12(21-13)14(18)16-11-5-3-10(9-15)4-6-11/h3-8H,1-2H3,(H,16,18). The van der Waals surface area contributed by atoms with Crippen LogP contribution in [0, 0.1) is 11.3 Å². The van der Waals surface area contributed by atoms with Crippen LogP contribution in [0.5, 0.6) is 0 Å². The van der Waals surface area contributed by atoms with Crippen LogP contribution in [-0.4, -0.2) is 32.7 Å². The number of hydrogen-bond acceptors (Lipinski definition) is 5. The Hall–Kier alpha value is -2.63. The van der Waals surface area contributed by atoms with Crippen LogP contribution in [0.2, 0.25) is 0 Å². The molecule has 1 N–H and O–H groups in total. The maximum Gasteiger partial charge on any atom is 0.291 e. The maximum atomic E-state index is 12.0. The lowest BCUT2D eigenvalue weighted by atomic mass is 10.2. The highest BCUT2D eigenvalue weighted by molar-refractivity contribution is 7.88. The van der Waals surface area contributed by atoms with Crippen molar-refractivity contribution in [2.24, 2.45) is 0 Å². The van der Waals surface area contributed by atoms with Crippen molar-refractivity contribution in [2.75, 3.05) is 19.4 Å². The lowest BCUT2D eigenvalue weighted by Crippen LogP contribution is -2.21. The van der Waals surface area contributed by atoms with E-state index in [-0.39, 0.29) is 10.9 Å². The predicted octanol–water partition coefficient (Wildman–Crippen LogP) is 1.65. The predicted molar refractivity (Wildman–Crippen MR) is 78.7 cm³/mol. The molecule has 1 aromatic heterocycles. The van der Waals surface area contributed by atoms with E-state index < -0.39 is 15.9 Å². The van der Waals surface area contributed by atoms with Gasteiger partial charge in [0.2, 0.25) is 5.09 Å². The Balaban J connectivity index is 2.17. The van der Waals surface area contributed by atoms with Gasteiger partial charge in [0, 0.05) is 19.8 Å². The minimum atomic E-state index is -3.72. The number of amides is 1. The fraction of sp³-hybridized carbons (Fsp3) is 0.143. The van der Waals surface area contributed by atoms with Crippen molar-refractivity contribution in [1.82, 2.24) is 4.31 Å². The number of nitrogens with zero attached hydrogens (tertiary/aromatic N) is 2. The molecule has 0 radical (unpaired) electrons. The summed E-state index contributed by atoms with van der Waals surface area (Å²) in [6, 6.07) is 10.7. The van der Waals surface area contributed by atoms with Crippen LogP contribution in [0.15, 0.2) is 45.9 Å². The van der Waals surface area contributed by atoms with Crippen LogP contribution in [0.25, 0.3) is 0 Å². The summed E-state index contributed by atoms with van der Waals surface area (Å²) in [5, 5.41) is 10.9. The highest BCUT2D eigenvalue weighted by Gasteiger charge is 2.23. The molecule has 1 aromatic carbocycles. The van der Waals surface area contributed by atoms with Crippen molar-refractivity contribution in [3.63, 3.8) is 0 Å². The smallest absolute Gasteiger partial charge is 0.291 e. The third-order valence-electron chi connectivity index (χ3n) is 2.81. The number of benzene rings is 1. The quantitative estimate of drug-likeness (QED) is 0.923. The van der Waals surface area contributed by atoms with Crippen LogP contribution in [-0.2, 0) is 10.0 Å². The molecule has 0 bridgehead atoms. The minimum Gasteiger partial charge on any atom is -0.438 e. The highest BCUT2D eigenvalue weighted by atomic mass is 32.2. The molecule has 0 spiro atoms. The van der Waals surface area contributed by atoms with E-state index in [2.05, 4.69) is 5.32 Å². The van der Waals surface area contributed by atoms with Gasteiger partial charge in [-0.05, 0) is 36.4 Å². The first-order valence-electron chi connectivity index (χ1n) is 6.18. The molecule has 0 saturated heterocycles. The molecule has 0 aliphatic carbocycles. The summed E-state index contributed by atoms with van der Waals surface area (Å²) in [7, 11) is -0.982.